The Morgan fingerprint density at radius 2 is 2.00 bits per heavy atom. The summed E-state index contributed by atoms with van der Waals surface area (Å²) in [5.74, 6) is 2.45. The lowest BCUT2D eigenvalue weighted by molar-refractivity contribution is 0.297. The van der Waals surface area contributed by atoms with E-state index in [1.165, 1.54) is 23.4 Å². The number of rotatable bonds is 5. The number of aryl methyl sites for hydroxylation is 1. The Hall–Kier alpha value is -1.59. The fourth-order valence-corrected chi connectivity index (χ4v) is 4.12. The number of fused-ring (bicyclic) bond motifs is 1. The van der Waals surface area contributed by atoms with Crippen molar-refractivity contribution in [1.82, 2.24) is 10.3 Å². The van der Waals surface area contributed by atoms with Crippen LogP contribution < -0.4 is 14.8 Å². The summed E-state index contributed by atoms with van der Waals surface area (Å²) in [6, 6.07) is 6.90. The molecule has 0 amide bonds. The minimum Gasteiger partial charge on any atom is -0.490 e. The zero-order valence-electron chi connectivity index (χ0n) is 14.2. The van der Waals surface area contributed by atoms with E-state index in [1.54, 1.807) is 11.3 Å². The molecule has 0 unspecified atom stereocenters. The number of thiazole rings is 1. The van der Waals surface area contributed by atoms with Gasteiger partial charge in [-0.15, -0.1) is 11.3 Å². The molecule has 2 heterocycles. The Morgan fingerprint density at radius 3 is 2.71 bits per heavy atom. The summed E-state index contributed by atoms with van der Waals surface area (Å²) >= 11 is 1.77. The van der Waals surface area contributed by atoms with Gasteiger partial charge < -0.3 is 14.8 Å². The van der Waals surface area contributed by atoms with Gasteiger partial charge in [-0.3, -0.25) is 0 Å². The van der Waals surface area contributed by atoms with E-state index in [2.05, 4.69) is 36.7 Å². The van der Waals surface area contributed by atoms with Gasteiger partial charge in [0, 0.05) is 23.5 Å². The summed E-state index contributed by atoms with van der Waals surface area (Å²) in [5.41, 5.74) is 2.35. The van der Waals surface area contributed by atoms with Crippen LogP contribution in [0.15, 0.2) is 23.6 Å². The molecule has 2 aliphatic rings. The first kappa shape index (κ1) is 15.9. The largest absolute Gasteiger partial charge is 0.490 e. The molecule has 24 heavy (non-hydrogen) atoms. The molecule has 0 spiro atoms. The van der Waals surface area contributed by atoms with Gasteiger partial charge in [0.15, 0.2) is 11.5 Å². The van der Waals surface area contributed by atoms with Crippen molar-refractivity contribution in [2.45, 2.75) is 45.2 Å². The molecule has 0 radical (unpaired) electrons. The number of nitrogens with zero attached hydrogens (tertiary/aromatic N) is 1. The van der Waals surface area contributed by atoms with Crippen molar-refractivity contribution in [2.24, 2.45) is 5.92 Å². The van der Waals surface area contributed by atoms with Crippen LogP contribution in [0.25, 0.3) is 0 Å². The number of nitrogens with one attached hydrogen (secondary N) is 1. The highest BCUT2D eigenvalue weighted by atomic mass is 32.1. The minimum atomic E-state index is 0.247. The molecule has 4 rings (SSSR count). The van der Waals surface area contributed by atoms with Gasteiger partial charge in [-0.05, 0) is 50.3 Å². The van der Waals surface area contributed by atoms with E-state index < -0.39 is 0 Å². The van der Waals surface area contributed by atoms with Crippen molar-refractivity contribution in [2.75, 3.05) is 13.2 Å². The molecule has 2 atom stereocenters. The molecule has 5 heteroatoms. The second kappa shape index (κ2) is 6.73. The lowest BCUT2D eigenvalue weighted by Gasteiger charge is -2.22. The number of hydrogen-bond acceptors (Lipinski definition) is 5. The lowest BCUT2D eigenvalue weighted by Crippen LogP contribution is -2.26. The molecule has 0 bridgehead atoms. The second-order valence-electron chi connectivity index (χ2n) is 6.79. The van der Waals surface area contributed by atoms with E-state index in [0.717, 1.165) is 42.7 Å². The maximum Gasteiger partial charge on any atom is 0.161 e. The number of hydrogen-bond donors (Lipinski definition) is 1. The number of benzene rings is 1. The van der Waals surface area contributed by atoms with Gasteiger partial charge in [0.2, 0.25) is 0 Å². The molecule has 1 aromatic carbocycles. The third-order valence-electron chi connectivity index (χ3n) is 4.70. The maximum atomic E-state index is 5.83. The molecular weight excluding hydrogens is 320 g/mol. The molecule has 1 fully saturated rings. The fraction of sp³-hybridized carbons (Fsp3) is 0.526. The fourth-order valence-electron chi connectivity index (χ4n) is 3.17. The maximum absolute atomic E-state index is 5.83. The van der Waals surface area contributed by atoms with Gasteiger partial charge >= 0.3 is 0 Å². The molecule has 1 aliphatic heterocycles. The van der Waals surface area contributed by atoms with Crippen LogP contribution in [0.1, 0.15) is 54.5 Å². The topological polar surface area (TPSA) is 43.4 Å². The van der Waals surface area contributed by atoms with Gasteiger partial charge in [-0.25, -0.2) is 4.98 Å². The molecular formula is C19H24N2O2S. The molecule has 0 saturated heterocycles. The Labute approximate surface area is 147 Å². The summed E-state index contributed by atoms with van der Waals surface area (Å²) < 4.78 is 11.6. The molecule has 1 saturated carbocycles. The number of ether oxygens (including phenoxy) is 2. The smallest absolute Gasteiger partial charge is 0.161 e. The quantitative estimate of drug-likeness (QED) is 0.872. The highest BCUT2D eigenvalue weighted by molar-refractivity contribution is 7.09. The summed E-state index contributed by atoms with van der Waals surface area (Å²) in [4.78, 5) is 4.71. The van der Waals surface area contributed by atoms with Crippen LogP contribution in [0.3, 0.4) is 0 Å². The zero-order chi connectivity index (χ0) is 16.5. The normalized spacial score (nSPS) is 19.6. The summed E-state index contributed by atoms with van der Waals surface area (Å²) in [6.45, 7) is 5.74. The Balaban J connectivity index is 1.52. The van der Waals surface area contributed by atoms with Crippen molar-refractivity contribution in [1.29, 1.82) is 0 Å². The summed E-state index contributed by atoms with van der Waals surface area (Å²) in [5, 5.41) is 7.16. The van der Waals surface area contributed by atoms with E-state index in [4.69, 9.17) is 14.5 Å². The van der Waals surface area contributed by atoms with E-state index in [0.29, 0.717) is 6.04 Å². The van der Waals surface area contributed by atoms with Gasteiger partial charge in [0.05, 0.1) is 19.3 Å². The zero-order valence-corrected chi connectivity index (χ0v) is 15.1. The average molecular weight is 344 g/mol. The Morgan fingerprint density at radius 1 is 1.21 bits per heavy atom. The Kier molecular flexibility index (Phi) is 4.46. The van der Waals surface area contributed by atoms with Crippen LogP contribution in [-0.4, -0.2) is 18.2 Å². The van der Waals surface area contributed by atoms with E-state index in [1.807, 2.05) is 6.07 Å². The first-order chi connectivity index (χ1) is 11.7. The van der Waals surface area contributed by atoms with Crippen LogP contribution in [0.2, 0.25) is 0 Å². The first-order valence-electron chi connectivity index (χ1n) is 8.78. The lowest BCUT2D eigenvalue weighted by atomic mass is 10.1. The molecule has 2 aromatic rings. The number of aromatic nitrogens is 1. The van der Waals surface area contributed by atoms with E-state index in [-0.39, 0.29) is 6.04 Å². The van der Waals surface area contributed by atoms with Crippen LogP contribution in [0, 0.1) is 12.8 Å². The van der Waals surface area contributed by atoms with Crippen molar-refractivity contribution >= 4 is 11.3 Å². The van der Waals surface area contributed by atoms with Crippen LogP contribution in [-0.2, 0) is 0 Å². The summed E-state index contributed by atoms with van der Waals surface area (Å²) in [6.07, 6.45) is 3.53. The average Bonchev–Trinajstić information content (AvgIpc) is 3.37. The molecule has 1 aliphatic carbocycles. The standard InChI is InChI=1S/C19H24N2O2S/c1-12-11-24-19(20-12)18(14-4-5-14)21-13(2)15-6-7-16-17(10-15)23-9-3-8-22-16/h6-7,10-11,13-14,18,21H,3-5,8-9H2,1-2H3/t13-,18-/m1/s1. The Bertz CT molecular complexity index is 711. The van der Waals surface area contributed by atoms with Crippen LogP contribution in [0.4, 0.5) is 0 Å². The SMILES string of the molecule is Cc1csc([C@H](N[C@H](C)c2ccc3c(c2)OCCCO3)C2CC2)n1. The minimum absolute atomic E-state index is 0.247. The monoisotopic (exact) mass is 344 g/mol. The van der Waals surface area contributed by atoms with Gasteiger partial charge in [0.25, 0.3) is 0 Å². The van der Waals surface area contributed by atoms with Gasteiger partial charge in [0.1, 0.15) is 5.01 Å². The van der Waals surface area contributed by atoms with E-state index in [9.17, 15) is 0 Å². The second-order valence-corrected chi connectivity index (χ2v) is 7.68. The third-order valence-corrected chi connectivity index (χ3v) is 5.74. The van der Waals surface area contributed by atoms with Gasteiger partial charge in [-0.2, -0.15) is 0 Å². The molecule has 1 aromatic heterocycles. The molecule has 128 valence electrons. The predicted molar refractivity (Wildman–Crippen MR) is 95.9 cm³/mol. The predicted octanol–water partition coefficient (Wildman–Crippen LogP) is 4.41. The highest BCUT2D eigenvalue weighted by Crippen LogP contribution is 2.43. The van der Waals surface area contributed by atoms with Gasteiger partial charge in [-0.1, -0.05) is 6.07 Å². The van der Waals surface area contributed by atoms with Crippen LogP contribution in [0.5, 0.6) is 11.5 Å². The van der Waals surface area contributed by atoms with Crippen molar-refractivity contribution in [3.05, 3.63) is 39.8 Å². The summed E-state index contributed by atoms with van der Waals surface area (Å²) in [7, 11) is 0. The highest BCUT2D eigenvalue weighted by Gasteiger charge is 2.35. The van der Waals surface area contributed by atoms with Crippen molar-refractivity contribution in [3.63, 3.8) is 0 Å². The van der Waals surface area contributed by atoms with Crippen molar-refractivity contribution in [3.8, 4) is 11.5 Å². The van der Waals surface area contributed by atoms with Crippen LogP contribution >= 0.6 is 11.3 Å². The van der Waals surface area contributed by atoms with E-state index >= 15 is 0 Å². The molecule has 1 N–H and O–H groups in total. The molecule has 4 nitrogen and oxygen atoms in total. The third kappa shape index (κ3) is 3.42. The van der Waals surface area contributed by atoms with Crippen molar-refractivity contribution < 1.29 is 9.47 Å². The first-order valence-corrected chi connectivity index (χ1v) is 9.66.